The number of carbonyl (C=O) groups excluding carboxylic acids is 2. The first-order chi connectivity index (χ1) is 15.0. The van der Waals surface area contributed by atoms with E-state index in [4.69, 9.17) is 0 Å². The fourth-order valence-electron chi connectivity index (χ4n) is 4.60. The number of nitrogens with one attached hydrogen (secondary N) is 2. The molecule has 31 heavy (non-hydrogen) atoms. The van der Waals surface area contributed by atoms with Crippen molar-refractivity contribution in [3.8, 4) is 0 Å². The van der Waals surface area contributed by atoms with Crippen molar-refractivity contribution >= 4 is 22.7 Å². The van der Waals surface area contributed by atoms with Crippen molar-refractivity contribution in [3.05, 3.63) is 71.4 Å². The van der Waals surface area contributed by atoms with E-state index in [9.17, 15) is 9.59 Å². The molecule has 5 heteroatoms. The topological polar surface area (TPSA) is 65.2 Å². The lowest BCUT2D eigenvalue weighted by atomic mass is 9.88. The van der Waals surface area contributed by atoms with Crippen molar-refractivity contribution in [2.45, 2.75) is 45.6 Å². The first kappa shape index (κ1) is 21.2. The van der Waals surface area contributed by atoms with E-state index >= 15 is 0 Å². The minimum atomic E-state index is -0.517. The number of aromatic nitrogens is 1. The van der Waals surface area contributed by atoms with Crippen LogP contribution in [0.3, 0.4) is 0 Å². The maximum atomic E-state index is 13.3. The van der Waals surface area contributed by atoms with Crippen molar-refractivity contribution in [2.75, 3.05) is 13.1 Å². The van der Waals surface area contributed by atoms with Gasteiger partial charge in [-0.05, 0) is 54.9 Å². The molecule has 1 saturated heterocycles. The van der Waals surface area contributed by atoms with Gasteiger partial charge in [0.1, 0.15) is 6.04 Å². The van der Waals surface area contributed by atoms with E-state index < -0.39 is 6.04 Å². The molecule has 2 heterocycles. The van der Waals surface area contributed by atoms with E-state index in [-0.39, 0.29) is 17.7 Å². The number of H-pyrrole nitrogens is 1. The number of aryl methyl sites for hydroxylation is 1. The van der Waals surface area contributed by atoms with Crippen LogP contribution in [0.5, 0.6) is 0 Å². The Hall–Kier alpha value is -3.08. The molecule has 162 valence electrons. The Morgan fingerprint density at radius 2 is 1.71 bits per heavy atom. The second-order valence-corrected chi connectivity index (χ2v) is 8.90. The van der Waals surface area contributed by atoms with Crippen LogP contribution < -0.4 is 5.32 Å². The van der Waals surface area contributed by atoms with Gasteiger partial charge in [-0.3, -0.25) is 9.59 Å². The van der Waals surface area contributed by atoms with Crippen molar-refractivity contribution in [3.63, 3.8) is 0 Å². The number of fused-ring (bicyclic) bond motifs is 1. The van der Waals surface area contributed by atoms with Gasteiger partial charge < -0.3 is 15.2 Å². The summed E-state index contributed by atoms with van der Waals surface area (Å²) in [7, 11) is 0. The van der Waals surface area contributed by atoms with Crippen LogP contribution in [0, 0.1) is 12.8 Å². The molecule has 4 rings (SSSR count). The summed E-state index contributed by atoms with van der Waals surface area (Å²) in [6, 6.07) is 15.3. The lowest BCUT2D eigenvalue weighted by Gasteiger charge is -2.35. The summed E-state index contributed by atoms with van der Waals surface area (Å²) in [6.45, 7) is 7.31. The Morgan fingerprint density at radius 3 is 2.42 bits per heavy atom. The number of aromatic amines is 1. The molecule has 2 N–H and O–H groups in total. The molecule has 0 radical (unpaired) electrons. The Kier molecular flexibility index (Phi) is 6.12. The fourth-order valence-corrected chi connectivity index (χ4v) is 4.60. The number of benzene rings is 2. The summed E-state index contributed by atoms with van der Waals surface area (Å²) in [4.78, 5) is 31.4. The van der Waals surface area contributed by atoms with E-state index in [2.05, 4.69) is 34.7 Å². The lowest BCUT2D eigenvalue weighted by Crippen LogP contribution is -2.52. The quantitative estimate of drug-likeness (QED) is 0.635. The second-order valence-electron chi connectivity index (χ2n) is 8.90. The number of rotatable bonds is 5. The van der Waals surface area contributed by atoms with Crippen LogP contribution in [0.15, 0.2) is 54.7 Å². The summed E-state index contributed by atoms with van der Waals surface area (Å²) in [5, 5.41) is 4.27. The number of amides is 2. The van der Waals surface area contributed by atoms with E-state index in [1.54, 1.807) is 6.07 Å². The van der Waals surface area contributed by atoms with Crippen LogP contribution in [-0.4, -0.2) is 40.8 Å². The first-order valence-corrected chi connectivity index (χ1v) is 11.2. The molecular formula is C26H31N3O2. The molecule has 0 bridgehead atoms. The van der Waals surface area contributed by atoms with Gasteiger partial charge in [0.15, 0.2) is 0 Å². The van der Waals surface area contributed by atoms with Gasteiger partial charge >= 0.3 is 0 Å². The van der Waals surface area contributed by atoms with Gasteiger partial charge in [0, 0.05) is 35.8 Å². The Bertz CT molecular complexity index is 1080. The smallest absolute Gasteiger partial charge is 0.252 e. The summed E-state index contributed by atoms with van der Waals surface area (Å²) in [5.41, 5.74) is 4.04. The number of hydrogen-bond donors (Lipinski definition) is 2. The van der Waals surface area contributed by atoms with Gasteiger partial charge in [-0.25, -0.2) is 0 Å². The maximum Gasteiger partial charge on any atom is 0.252 e. The van der Waals surface area contributed by atoms with Crippen LogP contribution >= 0.6 is 0 Å². The summed E-state index contributed by atoms with van der Waals surface area (Å²) < 4.78 is 0. The maximum absolute atomic E-state index is 13.3. The van der Waals surface area contributed by atoms with Crippen LogP contribution in [0.2, 0.25) is 0 Å². The van der Waals surface area contributed by atoms with Crippen LogP contribution in [0.1, 0.15) is 54.1 Å². The predicted molar refractivity (Wildman–Crippen MR) is 124 cm³/mol. The fraction of sp³-hybridized carbons (Fsp3) is 0.385. The van der Waals surface area contributed by atoms with E-state index in [0.717, 1.165) is 23.9 Å². The van der Waals surface area contributed by atoms with Gasteiger partial charge in [0.25, 0.3) is 5.91 Å². The highest BCUT2D eigenvalue weighted by atomic mass is 16.2. The molecule has 1 atom stereocenters. The highest BCUT2D eigenvalue weighted by Gasteiger charge is 2.32. The number of para-hydroxylation sites is 1. The highest BCUT2D eigenvalue weighted by molar-refractivity contribution is 5.98. The minimum absolute atomic E-state index is 0.0202. The third kappa shape index (κ3) is 4.36. The van der Waals surface area contributed by atoms with E-state index in [1.165, 1.54) is 10.9 Å². The molecule has 0 aliphatic carbocycles. The van der Waals surface area contributed by atoms with Crippen LogP contribution in [0.25, 0.3) is 10.9 Å². The molecule has 0 spiro atoms. The van der Waals surface area contributed by atoms with Crippen molar-refractivity contribution in [1.82, 2.24) is 15.2 Å². The standard InChI is InChI=1S/C26H31N3O2/c1-17(2)24(28-25(30)20-9-5-4-8-18(20)3)26(31)29-14-12-19(13-15-29)22-16-27-23-11-7-6-10-21(22)23/h4-11,16-17,19,24,27H,12-15H2,1-3H3,(H,28,30). The molecular weight excluding hydrogens is 386 g/mol. The Balaban J connectivity index is 1.42. The van der Waals surface area contributed by atoms with Crippen LogP contribution in [0.4, 0.5) is 0 Å². The Labute approximate surface area is 183 Å². The number of carbonyl (C=O) groups is 2. The molecule has 1 unspecified atom stereocenters. The van der Waals surface area contributed by atoms with Crippen molar-refractivity contribution in [2.24, 2.45) is 5.92 Å². The zero-order valence-electron chi connectivity index (χ0n) is 18.5. The largest absolute Gasteiger partial charge is 0.361 e. The van der Waals surface area contributed by atoms with E-state index in [0.29, 0.717) is 24.6 Å². The predicted octanol–water partition coefficient (Wildman–Crippen LogP) is 4.64. The first-order valence-electron chi connectivity index (χ1n) is 11.2. The number of nitrogens with zero attached hydrogens (tertiary/aromatic N) is 1. The van der Waals surface area contributed by atoms with Gasteiger partial charge in [0.05, 0.1) is 0 Å². The zero-order chi connectivity index (χ0) is 22.0. The van der Waals surface area contributed by atoms with Gasteiger partial charge in [-0.15, -0.1) is 0 Å². The van der Waals surface area contributed by atoms with Crippen LogP contribution in [-0.2, 0) is 4.79 Å². The average Bonchev–Trinajstić information content (AvgIpc) is 3.21. The molecule has 1 aliphatic rings. The third-order valence-electron chi connectivity index (χ3n) is 6.48. The average molecular weight is 418 g/mol. The number of likely N-dealkylation sites (tertiary alicyclic amines) is 1. The molecule has 2 amide bonds. The molecule has 5 nitrogen and oxygen atoms in total. The molecule has 1 fully saturated rings. The molecule has 1 aromatic heterocycles. The zero-order valence-corrected chi connectivity index (χ0v) is 18.5. The number of hydrogen-bond acceptors (Lipinski definition) is 2. The molecule has 3 aromatic rings. The lowest BCUT2D eigenvalue weighted by molar-refractivity contribution is -0.135. The van der Waals surface area contributed by atoms with Gasteiger partial charge in [0.2, 0.25) is 5.91 Å². The minimum Gasteiger partial charge on any atom is -0.361 e. The molecule has 2 aromatic carbocycles. The highest BCUT2D eigenvalue weighted by Crippen LogP contribution is 2.33. The van der Waals surface area contributed by atoms with Crippen molar-refractivity contribution < 1.29 is 9.59 Å². The second kappa shape index (κ2) is 8.96. The summed E-state index contributed by atoms with van der Waals surface area (Å²) >= 11 is 0. The normalized spacial score (nSPS) is 15.9. The summed E-state index contributed by atoms with van der Waals surface area (Å²) in [6.07, 6.45) is 3.99. The summed E-state index contributed by atoms with van der Waals surface area (Å²) in [5.74, 6) is 0.305. The van der Waals surface area contributed by atoms with Gasteiger partial charge in [-0.1, -0.05) is 50.2 Å². The Morgan fingerprint density at radius 1 is 1.03 bits per heavy atom. The van der Waals surface area contributed by atoms with E-state index in [1.807, 2.05) is 49.9 Å². The third-order valence-corrected chi connectivity index (χ3v) is 6.48. The number of piperidine rings is 1. The van der Waals surface area contributed by atoms with Crippen molar-refractivity contribution in [1.29, 1.82) is 0 Å². The SMILES string of the molecule is Cc1ccccc1C(=O)NC(C(=O)N1CCC(c2c[nH]c3ccccc23)CC1)C(C)C. The molecule has 0 saturated carbocycles. The van der Waals surface area contributed by atoms with Gasteiger partial charge in [-0.2, -0.15) is 0 Å². The molecule has 1 aliphatic heterocycles. The monoisotopic (exact) mass is 417 g/mol.